The molecule has 0 atom stereocenters. The van der Waals surface area contributed by atoms with E-state index in [1.165, 1.54) is 6.42 Å². The Hall–Kier alpha value is -1.06. The number of phenolic OH excluding ortho intramolecular Hbond substituents is 1. The van der Waals surface area contributed by atoms with E-state index in [2.05, 4.69) is 10.2 Å². The number of hydrogen-bond donors (Lipinski definition) is 2. The van der Waals surface area contributed by atoms with Crippen LogP contribution in [0, 0.1) is 0 Å². The zero-order chi connectivity index (χ0) is 10.5. The number of aromatic hydroxyl groups is 1. The maximum absolute atomic E-state index is 9.67. The summed E-state index contributed by atoms with van der Waals surface area (Å²) >= 11 is 0. The van der Waals surface area contributed by atoms with Crippen LogP contribution in [-0.2, 0) is 6.54 Å². The van der Waals surface area contributed by atoms with Crippen LogP contribution in [0.2, 0.25) is 0 Å². The predicted octanol–water partition coefficient (Wildman–Crippen LogP) is 1.19. The van der Waals surface area contributed by atoms with Gasteiger partial charge in [-0.1, -0.05) is 18.2 Å². The number of rotatable bonds is 2. The molecule has 3 nitrogen and oxygen atoms in total. The van der Waals surface area contributed by atoms with Gasteiger partial charge in [-0.3, -0.25) is 4.90 Å². The standard InChI is InChI=1S/C12H18N2O/c15-12-5-2-1-4-11(12)10-14-8-3-6-13-7-9-14/h1-2,4-5,13,15H,3,6-10H2. The Morgan fingerprint density at radius 3 is 2.93 bits per heavy atom. The molecule has 0 spiro atoms. The van der Waals surface area contributed by atoms with Crippen molar-refractivity contribution in [2.45, 2.75) is 13.0 Å². The Bertz CT molecular complexity index is 306. The van der Waals surface area contributed by atoms with Crippen LogP contribution in [0.1, 0.15) is 12.0 Å². The topological polar surface area (TPSA) is 35.5 Å². The van der Waals surface area contributed by atoms with Gasteiger partial charge in [-0.2, -0.15) is 0 Å². The summed E-state index contributed by atoms with van der Waals surface area (Å²) in [4.78, 5) is 2.38. The van der Waals surface area contributed by atoms with E-state index >= 15 is 0 Å². The molecule has 0 unspecified atom stereocenters. The van der Waals surface area contributed by atoms with Crippen molar-refractivity contribution in [2.75, 3.05) is 26.2 Å². The molecule has 1 heterocycles. The van der Waals surface area contributed by atoms with E-state index in [-0.39, 0.29) is 0 Å². The summed E-state index contributed by atoms with van der Waals surface area (Å²) < 4.78 is 0. The Kier molecular flexibility index (Phi) is 3.59. The first-order chi connectivity index (χ1) is 7.36. The van der Waals surface area contributed by atoms with E-state index in [0.717, 1.165) is 38.3 Å². The fourth-order valence-electron chi connectivity index (χ4n) is 1.95. The van der Waals surface area contributed by atoms with Crippen LogP contribution in [0.3, 0.4) is 0 Å². The highest BCUT2D eigenvalue weighted by Gasteiger charge is 2.10. The molecule has 2 N–H and O–H groups in total. The van der Waals surface area contributed by atoms with Crippen molar-refractivity contribution >= 4 is 0 Å². The summed E-state index contributed by atoms with van der Waals surface area (Å²) in [5.74, 6) is 0.412. The average Bonchev–Trinajstić information content (AvgIpc) is 2.50. The minimum atomic E-state index is 0.412. The molecule has 1 aliphatic rings. The summed E-state index contributed by atoms with van der Waals surface area (Å²) in [6, 6.07) is 7.59. The number of nitrogens with one attached hydrogen (secondary N) is 1. The lowest BCUT2D eigenvalue weighted by Crippen LogP contribution is -2.27. The zero-order valence-corrected chi connectivity index (χ0v) is 8.95. The van der Waals surface area contributed by atoms with Crippen molar-refractivity contribution in [1.29, 1.82) is 0 Å². The van der Waals surface area contributed by atoms with Gasteiger partial charge in [0.05, 0.1) is 0 Å². The van der Waals surface area contributed by atoms with E-state index in [0.29, 0.717) is 5.75 Å². The highest BCUT2D eigenvalue weighted by atomic mass is 16.3. The summed E-state index contributed by atoms with van der Waals surface area (Å²) in [6.45, 7) is 5.19. The van der Waals surface area contributed by atoms with Crippen molar-refractivity contribution in [2.24, 2.45) is 0 Å². The van der Waals surface area contributed by atoms with Gasteiger partial charge in [-0.25, -0.2) is 0 Å². The van der Waals surface area contributed by atoms with Gasteiger partial charge in [-0.05, 0) is 25.6 Å². The van der Waals surface area contributed by atoms with E-state index in [1.807, 2.05) is 18.2 Å². The highest BCUT2D eigenvalue weighted by Crippen LogP contribution is 2.17. The average molecular weight is 206 g/mol. The van der Waals surface area contributed by atoms with Crippen LogP contribution in [0.5, 0.6) is 5.75 Å². The molecule has 82 valence electrons. The second-order valence-electron chi connectivity index (χ2n) is 4.01. The van der Waals surface area contributed by atoms with Gasteiger partial charge >= 0.3 is 0 Å². The maximum atomic E-state index is 9.67. The van der Waals surface area contributed by atoms with Crippen molar-refractivity contribution in [3.05, 3.63) is 29.8 Å². The Morgan fingerprint density at radius 1 is 1.20 bits per heavy atom. The first-order valence-electron chi connectivity index (χ1n) is 5.56. The number of nitrogens with zero attached hydrogens (tertiary/aromatic N) is 1. The second kappa shape index (κ2) is 5.14. The first-order valence-corrected chi connectivity index (χ1v) is 5.56. The van der Waals surface area contributed by atoms with Crippen LogP contribution in [0.4, 0.5) is 0 Å². The molecule has 1 aromatic rings. The van der Waals surface area contributed by atoms with Crippen LogP contribution in [0.15, 0.2) is 24.3 Å². The van der Waals surface area contributed by atoms with Gasteiger partial charge in [0, 0.05) is 25.2 Å². The lowest BCUT2D eigenvalue weighted by Gasteiger charge is -2.19. The quantitative estimate of drug-likeness (QED) is 0.763. The van der Waals surface area contributed by atoms with Gasteiger partial charge in [0.2, 0.25) is 0 Å². The van der Waals surface area contributed by atoms with Crippen LogP contribution < -0.4 is 5.32 Å². The summed E-state index contributed by atoms with van der Waals surface area (Å²) in [6.07, 6.45) is 1.19. The van der Waals surface area contributed by atoms with Gasteiger partial charge in [-0.15, -0.1) is 0 Å². The normalized spacial score (nSPS) is 18.7. The van der Waals surface area contributed by atoms with Gasteiger partial charge in [0.1, 0.15) is 5.75 Å². The third kappa shape index (κ3) is 2.94. The van der Waals surface area contributed by atoms with Crippen LogP contribution in [-0.4, -0.2) is 36.2 Å². The SMILES string of the molecule is Oc1ccccc1CN1CCCNCC1. The minimum Gasteiger partial charge on any atom is -0.508 e. The fourth-order valence-corrected chi connectivity index (χ4v) is 1.95. The fraction of sp³-hybridized carbons (Fsp3) is 0.500. The third-order valence-corrected chi connectivity index (χ3v) is 2.82. The molecule has 2 rings (SSSR count). The summed E-state index contributed by atoms with van der Waals surface area (Å²) in [7, 11) is 0. The molecular formula is C12H18N2O. The molecule has 1 saturated heterocycles. The molecule has 0 radical (unpaired) electrons. The largest absolute Gasteiger partial charge is 0.508 e. The van der Waals surface area contributed by atoms with E-state index in [4.69, 9.17) is 0 Å². The van der Waals surface area contributed by atoms with Crippen LogP contribution >= 0.6 is 0 Å². The number of hydrogen-bond acceptors (Lipinski definition) is 3. The van der Waals surface area contributed by atoms with Crippen molar-refractivity contribution in [3.63, 3.8) is 0 Å². The number of phenols is 1. The van der Waals surface area contributed by atoms with Crippen molar-refractivity contribution in [1.82, 2.24) is 10.2 Å². The number of benzene rings is 1. The first kappa shape index (κ1) is 10.5. The predicted molar refractivity (Wildman–Crippen MR) is 60.9 cm³/mol. The summed E-state index contributed by atoms with van der Waals surface area (Å²) in [5, 5.41) is 13.0. The Morgan fingerprint density at radius 2 is 2.07 bits per heavy atom. The number of para-hydroxylation sites is 1. The van der Waals surface area contributed by atoms with E-state index in [1.54, 1.807) is 6.07 Å². The van der Waals surface area contributed by atoms with Gasteiger partial charge < -0.3 is 10.4 Å². The van der Waals surface area contributed by atoms with Crippen molar-refractivity contribution in [3.8, 4) is 5.75 Å². The lowest BCUT2D eigenvalue weighted by atomic mass is 10.2. The lowest BCUT2D eigenvalue weighted by molar-refractivity contribution is 0.280. The molecule has 1 aromatic carbocycles. The molecule has 1 fully saturated rings. The Balaban J connectivity index is 1.98. The smallest absolute Gasteiger partial charge is 0.120 e. The molecule has 15 heavy (non-hydrogen) atoms. The molecule has 3 heteroatoms. The molecule has 0 saturated carbocycles. The molecule has 0 aromatic heterocycles. The second-order valence-corrected chi connectivity index (χ2v) is 4.01. The maximum Gasteiger partial charge on any atom is 0.120 e. The zero-order valence-electron chi connectivity index (χ0n) is 8.95. The molecule has 0 aliphatic carbocycles. The molecule has 0 amide bonds. The minimum absolute atomic E-state index is 0.412. The summed E-state index contributed by atoms with van der Waals surface area (Å²) in [5.41, 5.74) is 1.03. The van der Waals surface area contributed by atoms with Gasteiger partial charge in [0.15, 0.2) is 0 Å². The third-order valence-electron chi connectivity index (χ3n) is 2.82. The molecule has 0 bridgehead atoms. The molecular weight excluding hydrogens is 188 g/mol. The molecule has 1 aliphatic heterocycles. The van der Waals surface area contributed by atoms with E-state index < -0.39 is 0 Å². The van der Waals surface area contributed by atoms with Crippen molar-refractivity contribution < 1.29 is 5.11 Å². The monoisotopic (exact) mass is 206 g/mol. The van der Waals surface area contributed by atoms with E-state index in [9.17, 15) is 5.11 Å². The Labute approximate surface area is 90.7 Å². The highest BCUT2D eigenvalue weighted by molar-refractivity contribution is 5.31. The van der Waals surface area contributed by atoms with Gasteiger partial charge in [0.25, 0.3) is 0 Å². The van der Waals surface area contributed by atoms with Crippen LogP contribution in [0.25, 0.3) is 0 Å².